The molecule has 0 radical (unpaired) electrons. The number of aliphatic hydroxyl groups excluding tert-OH is 1. The van der Waals surface area contributed by atoms with Crippen LogP contribution < -0.4 is 10.5 Å². The van der Waals surface area contributed by atoms with Crippen LogP contribution in [0.3, 0.4) is 0 Å². The monoisotopic (exact) mass is 277 g/mol. The first-order valence-corrected chi connectivity index (χ1v) is 7.69. The lowest BCUT2D eigenvalue weighted by molar-refractivity contribution is 0.00600. The van der Waals surface area contributed by atoms with Gasteiger partial charge >= 0.3 is 0 Å². The quantitative estimate of drug-likeness (QED) is 0.840. The van der Waals surface area contributed by atoms with E-state index in [1.165, 1.54) is 12.8 Å². The molecule has 2 rings (SSSR count). The van der Waals surface area contributed by atoms with Crippen molar-refractivity contribution in [2.24, 2.45) is 11.1 Å². The van der Waals surface area contributed by atoms with Gasteiger partial charge in [0.05, 0.1) is 13.2 Å². The number of ether oxygens (including phenoxy) is 1. The number of rotatable bonds is 6. The fourth-order valence-electron chi connectivity index (χ4n) is 3.66. The lowest BCUT2D eigenvalue weighted by Gasteiger charge is -2.38. The molecular weight excluding hydrogens is 250 g/mol. The first-order valence-electron chi connectivity index (χ1n) is 7.69. The molecule has 20 heavy (non-hydrogen) atoms. The molecule has 2 unspecified atom stereocenters. The van der Waals surface area contributed by atoms with Gasteiger partial charge in [-0.05, 0) is 42.4 Å². The summed E-state index contributed by atoms with van der Waals surface area (Å²) in [6, 6.07) is 7.94. The average Bonchev–Trinajstić information content (AvgIpc) is 2.98. The van der Waals surface area contributed by atoms with Crippen LogP contribution in [0, 0.1) is 5.41 Å². The Labute approximate surface area is 122 Å². The van der Waals surface area contributed by atoms with E-state index in [4.69, 9.17) is 10.5 Å². The minimum atomic E-state index is -0.353. The Morgan fingerprint density at radius 3 is 2.30 bits per heavy atom. The van der Waals surface area contributed by atoms with Gasteiger partial charge in [-0.25, -0.2) is 0 Å². The summed E-state index contributed by atoms with van der Waals surface area (Å²) in [4.78, 5) is 0. The zero-order valence-corrected chi connectivity index (χ0v) is 12.6. The fourth-order valence-corrected chi connectivity index (χ4v) is 3.66. The molecule has 0 saturated heterocycles. The molecule has 0 spiro atoms. The third-order valence-electron chi connectivity index (χ3n) is 5.11. The van der Waals surface area contributed by atoms with Crippen LogP contribution in [0.4, 0.5) is 0 Å². The molecular formula is C17H27NO2. The van der Waals surface area contributed by atoms with E-state index in [2.05, 4.69) is 6.92 Å². The second-order valence-electron chi connectivity index (χ2n) is 5.98. The van der Waals surface area contributed by atoms with E-state index in [0.29, 0.717) is 6.54 Å². The van der Waals surface area contributed by atoms with Crippen molar-refractivity contribution in [1.29, 1.82) is 0 Å². The Morgan fingerprint density at radius 1 is 1.25 bits per heavy atom. The Kier molecular flexibility index (Phi) is 5.06. The first kappa shape index (κ1) is 15.3. The molecule has 0 bridgehead atoms. The van der Waals surface area contributed by atoms with Crippen LogP contribution in [0.1, 0.15) is 50.5 Å². The molecule has 1 aliphatic rings. The van der Waals surface area contributed by atoms with Gasteiger partial charge in [0.2, 0.25) is 0 Å². The van der Waals surface area contributed by atoms with E-state index in [0.717, 1.165) is 30.6 Å². The topological polar surface area (TPSA) is 55.5 Å². The highest BCUT2D eigenvalue weighted by Gasteiger charge is 2.42. The lowest BCUT2D eigenvalue weighted by Crippen LogP contribution is -2.40. The van der Waals surface area contributed by atoms with Crippen LogP contribution in [0.2, 0.25) is 0 Å². The summed E-state index contributed by atoms with van der Waals surface area (Å²) >= 11 is 0. The molecule has 1 saturated carbocycles. The zero-order chi connectivity index (χ0) is 14.6. The Hall–Kier alpha value is -1.06. The maximum Gasteiger partial charge on any atom is 0.118 e. The smallest absolute Gasteiger partial charge is 0.118 e. The van der Waals surface area contributed by atoms with Gasteiger partial charge < -0.3 is 15.6 Å². The molecule has 1 aromatic carbocycles. The standard InChI is InChI=1S/C17H27NO2/c1-3-17(10-4-5-11-17)16(19)15(12-18)13-6-8-14(20-2)9-7-13/h6-9,15-16,19H,3-5,10-12,18H2,1-2H3. The second-order valence-corrected chi connectivity index (χ2v) is 5.98. The molecule has 0 aromatic heterocycles. The number of aliphatic hydroxyl groups is 1. The van der Waals surface area contributed by atoms with Crippen molar-refractivity contribution in [3.8, 4) is 5.75 Å². The number of hydrogen-bond donors (Lipinski definition) is 2. The molecule has 1 fully saturated rings. The molecule has 0 aliphatic heterocycles. The van der Waals surface area contributed by atoms with Gasteiger partial charge in [-0.2, -0.15) is 0 Å². The average molecular weight is 277 g/mol. The largest absolute Gasteiger partial charge is 0.497 e. The number of hydrogen-bond acceptors (Lipinski definition) is 3. The van der Waals surface area contributed by atoms with Crippen molar-refractivity contribution >= 4 is 0 Å². The van der Waals surface area contributed by atoms with Crippen molar-refractivity contribution < 1.29 is 9.84 Å². The molecule has 1 aromatic rings. The van der Waals surface area contributed by atoms with Crippen LogP contribution >= 0.6 is 0 Å². The van der Waals surface area contributed by atoms with Crippen molar-refractivity contribution in [2.45, 2.75) is 51.0 Å². The maximum absolute atomic E-state index is 10.9. The molecule has 0 amide bonds. The Morgan fingerprint density at radius 2 is 1.85 bits per heavy atom. The highest BCUT2D eigenvalue weighted by atomic mass is 16.5. The van der Waals surface area contributed by atoms with E-state index < -0.39 is 0 Å². The molecule has 112 valence electrons. The minimum Gasteiger partial charge on any atom is -0.497 e. The van der Waals surface area contributed by atoms with Crippen molar-refractivity contribution in [1.82, 2.24) is 0 Å². The summed E-state index contributed by atoms with van der Waals surface area (Å²) in [6.45, 7) is 2.67. The number of benzene rings is 1. The predicted molar refractivity (Wildman–Crippen MR) is 82.0 cm³/mol. The molecule has 0 heterocycles. The number of methoxy groups -OCH3 is 1. The molecule has 2 atom stereocenters. The van der Waals surface area contributed by atoms with Gasteiger partial charge in [0.25, 0.3) is 0 Å². The summed E-state index contributed by atoms with van der Waals surface area (Å²) in [6.07, 6.45) is 5.37. The van der Waals surface area contributed by atoms with Gasteiger partial charge in [0.15, 0.2) is 0 Å². The minimum absolute atomic E-state index is 0.0129. The Bertz CT molecular complexity index is 410. The summed E-state index contributed by atoms with van der Waals surface area (Å²) < 4.78 is 5.19. The van der Waals surface area contributed by atoms with Gasteiger partial charge in [0, 0.05) is 12.5 Å². The third-order valence-corrected chi connectivity index (χ3v) is 5.11. The van der Waals surface area contributed by atoms with Crippen LogP contribution in [-0.2, 0) is 0 Å². The molecule has 3 nitrogen and oxygen atoms in total. The zero-order valence-electron chi connectivity index (χ0n) is 12.6. The summed E-state index contributed by atoms with van der Waals surface area (Å²) in [5.74, 6) is 0.851. The number of nitrogens with two attached hydrogens (primary N) is 1. The Balaban J connectivity index is 2.21. The van der Waals surface area contributed by atoms with Crippen LogP contribution in [-0.4, -0.2) is 24.9 Å². The van der Waals surface area contributed by atoms with Crippen molar-refractivity contribution in [3.63, 3.8) is 0 Å². The third kappa shape index (κ3) is 2.84. The molecule has 3 N–H and O–H groups in total. The second kappa shape index (κ2) is 6.59. The van der Waals surface area contributed by atoms with E-state index in [-0.39, 0.29) is 17.4 Å². The summed E-state index contributed by atoms with van der Waals surface area (Å²) in [7, 11) is 1.66. The molecule has 3 heteroatoms. The lowest BCUT2D eigenvalue weighted by atomic mass is 9.71. The van der Waals surface area contributed by atoms with E-state index in [9.17, 15) is 5.11 Å². The summed E-state index contributed by atoms with van der Waals surface area (Å²) in [5, 5.41) is 10.9. The van der Waals surface area contributed by atoms with Crippen molar-refractivity contribution in [2.75, 3.05) is 13.7 Å². The van der Waals surface area contributed by atoms with Gasteiger partial charge in [0.1, 0.15) is 5.75 Å². The van der Waals surface area contributed by atoms with Crippen molar-refractivity contribution in [3.05, 3.63) is 29.8 Å². The van der Waals surface area contributed by atoms with Gasteiger partial charge in [-0.15, -0.1) is 0 Å². The van der Waals surface area contributed by atoms with Crippen LogP contribution in [0.25, 0.3) is 0 Å². The van der Waals surface area contributed by atoms with E-state index in [1.807, 2.05) is 24.3 Å². The highest BCUT2D eigenvalue weighted by Crippen LogP contribution is 2.47. The molecule has 1 aliphatic carbocycles. The summed E-state index contributed by atoms with van der Waals surface area (Å²) in [5.41, 5.74) is 7.14. The van der Waals surface area contributed by atoms with Crippen LogP contribution in [0.5, 0.6) is 5.75 Å². The predicted octanol–water partition coefficient (Wildman–Crippen LogP) is 3.07. The van der Waals surface area contributed by atoms with Crippen LogP contribution in [0.15, 0.2) is 24.3 Å². The van der Waals surface area contributed by atoms with Gasteiger partial charge in [-0.3, -0.25) is 0 Å². The first-order chi connectivity index (χ1) is 9.66. The van der Waals surface area contributed by atoms with E-state index in [1.54, 1.807) is 7.11 Å². The highest BCUT2D eigenvalue weighted by molar-refractivity contribution is 5.30. The SMILES string of the molecule is CCC1(C(O)C(CN)c2ccc(OC)cc2)CCCC1. The normalized spacial score (nSPS) is 20.6. The van der Waals surface area contributed by atoms with Gasteiger partial charge in [-0.1, -0.05) is 31.9 Å². The fraction of sp³-hybridized carbons (Fsp3) is 0.647. The van der Waals surface area contributed by atoms with E-state index >= 15 is 0 Å². The maximum atomic E-state index is 10.9.